The minimum Gasteiger partial charge on any atom is -0.872 e. The molecule has 0 atom stereocenters. The molecule has 0 saturated carbocycles. The molecule has 3 heteroatoms. The smallest absolute Gasteiger partial charge is 0.335 e. The lowest BCUT2D eigenvalue weighted by Crippen LogP contribution is -1.99. The Morgan fingerprint density at radius 2 is 2.09 bits per heavy atom. The predicted octanol–water partition coefficient (Wildman–Crippen LogP) is 0.767. The quantitative estimate of drug-likeness (QED) is 0.644. The number of carboxylic acid groups (broad SMARTS) is 1. The highest BCUT2D eigenvalue weighted by Crippen LogP contribution is 2.11. The first-order valence-corrected chi connectivity index (χ1v) is 3.11. The van der Waals surface area contributed by atoms with Crippen molar-refractivity contribution < 1.29 is 15.0 Å². The SMILES string of the molecule is Cc1cc([O-])cc(C(=O)O)c1. The summed E-state index contributed by atoms with van der Waals surface area (Å²) in [4.78, 5) is 10.4. The van der Waals surface area contributed by atoms with E-state index in [2.05, 4.69) is 0 Å². The Morgan fingerprint density at radius 1 is 1.45 bits per heavy atom. The van der Waals surface area contributed by atoms with Crippen LogP contribution >= 0.6 is 0 Å². The number of carbonyl (C=O) groups is 1. The molecule has 1 N–H and O–H groups in total. The van der Waals surface area contributed by atoms with E-state index in [4.69, 9.17) is 5.11 Å². The van der Waals surface area contributed by atoms with Gasteiger partial charge in [-0.15, -0.1) is 5.75 Å². The van der Waals surface area contributed by atoms with Crippen LogP contribution in [-0.2, 0) is 0 Å². The van der Waals surface area contributed by atoms with Gasteiger partial charge < -0.3 is 10.2 Å². The number of hydrogen-bond donors (Lipinski definition) is 1. The minimum absolute atomic E-state index is 0.0509. The molecule has 0 radical (unpaired) electrons. The third-order valence-corrected chi connectivity index (χ3v) is 1.30. The third-order valence-electron chi connectivity index (χ3n) is 1.30. The Morgan fingerprint density at radius 3 is 2.55 bits per heavy atom. The summed E-state index contributed by atoms with van der Waals surface area (Å²) in [5, 5.41) is 19.2. The molecule has 0 aliphatic heterocycles. The second kappa shape index (κ2) is 2.62. The Bertz CT molecular complexity index is 271. The number of benzene rings is 1. The van der Waals surface area contributed by atoms with Gasteiger partial charge in [-0.2, -0.15) is 0 Å². The van der Waals surface area contributed by atoms with Crippen LogP contribution in [0.25, 0.3) is 0 Å². The van der Waals surface area contributed by atoms with E-state index in [1.807, 2.05) is 0 Å². The molecule has 0 saturated heterocycles. The Labute approximate surface area is 63.9 Å². The highest BCUT2D eigenvalue weighted by molar-refractivity contribution is 5.88. The van der Waals surface area contributed by atoms with E-state index in [9.17, 15) is 9.90 Å². The number of aryl methyl sites for hydroxylation is 1. The fourth-order valence-corrected chi connectivity index (χ4v) is 0.871. The summed E-state index contributed by atoms with van der Waals surface area (Å²) in [5.74, 6) is -1.33. The van der Waals surface area contributed by atoms with E-state index in [0.29, 0.717) is 5.56 Å². The van der Waals surface area contributed by atoms with E-state index < -0.39 is 5.97 Å². The lowest BCUT2D eigenvalue weighted by molar-refractivity contribution is -0.268. The van der Waals surface area contributed by atoms with Crippen LogP contribution in [0.3, 0.4) is 0 Å². The first kappa shape index (κ1) is 7.60. The maximum atomic E-state index is 10.8. The van der Waals surface area contributed by atoms with E-state index in [1.54, 1.807) is 6.92 Å². The molecule has 0 amide bonds. The summed E-state index contributed by atoms with van der Waals surface area (Å²) in [6.07, 6.45) is 0. The molecule has 0 aliphatic rings. The molecule has 1 aromatic carbocycles. The van der Waals surface area contributed by atoms with Gasteiger partial charge in [0.2, 0.25) is 0 Å². The minimum atomic E-state index is -1.06. The second-order valence-electron chi connectivity index (χ2n) is 2.34. The molecule has 58 valence electrons. The normalized spacial score (nSPS) is 9.55. The van der Waals surface area contributed by atoms with E-state index in [0.717, 1.165) is 6.07 Å². The van der Waals surface area contributed by atoms with Gasteiger partial charge in [-0.3, -0.25) is 0 Å². The highest BCUT2D eigenvalue weighted by Gasteiger charge is 2.00. The molecule has 3 nitrogen and oxygen atoms in total. The van der Waals surface area contributed by atoms with Crippen LogP contribution in [0, 0.1) is 6.92 Å². The molecule has 0 fully saturated rings. The fourth-order valence-electron chi connectivity index (χ4n) is 0.871. The zero-order valence-corrected chi connectivity index (χ0v) is 6.00. The summed E-state index contributed by atoms with van der Waals surface area (Å²) >= 11 is 0. The first-order valence-electron chi connectivity index (χ1n) is 3.11. The van der Waals surface area contributed by atoms with Crippen molar-refractivity contribution in [2.75, 3.05) is 0 Å². The summed E-state index contributed by atoms with van der Waals surface area (Å²) in [7, 11) is 0. The largest absolute Gasteiger partial charge is 0.872 e. The van der Waals surface area contributed by atoms with Gasteiger partial charge in [0.1, 0.15) is 0 Å². The van der Waals surface area contributed by atoms with Crippen LogP contribution in [0.4, 0.5) is 0 Å². The average molecular weight is 151 g/mol. The molecule has 0 aromatic heterocycles. The number of hydrogen-bond acceptors (Lipinski definition) is 2. The molecule has 0 unspecified atom stereocenters. The molecule has 0 spiro atoms. The van der Waals surface area contributed by atoms with Crippen LogP contribution in [0.1, 0.15) is 15.9 Å². The lowest BCUT2D eigenvalue weighted by Gasteiger charge is -2.06. The second-order valence-corrected chi connectivity index (χ2v) is 2.34. The molecule has 11 heavy (non-hydrogen) atoms. The van der Waals surface area contributed by atoms with Crippen LogP contribution in [-0.4, -0.2) is 11.1 Å². The molecular weight excluding hydrogens is 144 g/mol. The van der Waals surface area contributed by atoms with E-state index in [1.165, 1.54) is 12.1 Å². The number of carboxylic acids is 1. The predicted molar refractivity (Wildman–Crippen MR) is 37.6 cm³/mol. The molecule has 1 rings (SSSR count). The van der Waals surface area contributed by atoms with Gasteiger partial charge in [0.05, 0.1) is 5.56 Å². The van der Waals surface area contributed by atoms with Gasteiger partial charge in [-0.1, -0.05) is 17.7 Å². The van der Waals surface area contributed by atoms with Crippen molar-refractivity contribution in [2.24, 2.45) is 0 Å². The van der Waals surface area contributed by atoms with Crippen molar-refractivity contribution in [2.45, 2.75) is 6.92 Å². The molecule has 1 aromatic rings. The summed E-state index contributed by atoms with van der Waals surface area (Å²) < 4.78 is 0. The maximum absolute atomic E-state index is 10.8. The summed E-state index contributed by atoms with van der Waals surface area (Å²) in [6, 6.07) is 3.96. The number of rotatable bonds is 1. The van der Waals surface area contributed by atoms with Crippen molar-refractivity contribution in [1.29, 1.82) is 0 Å². The van der Waals surface area contributed by atoms with Crippen LogP contribution in [0.15, 0.2) is 18.2 Å². The van der Waals surface area contributed by atoms with Crippen LogP contribution in [0.5, 0.6) is 5.75 Å². The third kappa shape index (κ3) is 1.70. The standard InChI is InChI=1S/C8H8O3/c1-5-2-6(8(10)11)4-7(9)3-5/h2-4,9H,1H3,(H,10,11)/p-1. The van der Waals surface area contributed by atoms with Gasteiger partial charge in [-0.05, 0) is 13.0 Å². The highest BCUT2D eigenvalue weighted by atomic mass is 16.4. The van der Waals surface area contributed by atoms with E-state index in [-0.39, 0.29) is 11.3 Å². The fraction of sp³-hybridized carbons (Fsp3) is 0.125. The van der Waals surface area contributed by atoms with Crippen molar-refractivity contribution in [3.63, 3.8) is 0 Å². The monoisotopic (exact) mass is 151 g/mol. The maximum Gasteiger partial charge on any atom is 0.335 e. The number of aromatic carboxylic acids is 1. The molecule has 0 bridgehead atoms. The first-order chi connectivity index (χ1) is 5.09. The van der Waals surface area contributed by atoms with Gasteiger partial charge in [-0.25, -0.2) is 4.79 Å². The summed E-state index contributed by atoms with van der Waals surface area (Å²) in [6.45, 7) is 1.69. The lowest BCUT2D eigenvalue weighted by atomic mass is 10.1. The molecule has 0 aliphatic carbocycles. The Kier molecular flexibility index (Phi) is 1.81. The van der Waals surface area contributed by atoms with Crippen molar-refractivity contribution >= 4 is 5.97 Å². The zero-order valence-electron chi connectivity index (χ0n) is 6.00. The topological polar surface area (TPSA) is 60.4 Å². The van der Waals surface area contributed by atoms with Crippen molar-refractivity contribution in [3.05, 3.63) is 29.3 Å². The molecular formula is C8H7O3-. The Hall–Kier alpha value is -1.51. The van der Waals surface area contributed by atoms with Crippen molar-refractivity contribution in [3.8, 4) is 5.75 Å². The van der Waals surface area contributed by atoms with Crippen LogP contribution in [0.2, 0.25) is 0 Å². The van der Waals surface area contributed by atoms with E-state index >= 15 is 0 Å². The Balaban J connectivity index is 3.19. The van der Waals surface area contributed by atoms with Crippen molar-refractivity contribution in [1.82, 2.24) is 0 Å². The zero-order chi connectivity index (χ0) is 8.43. The van der Waals surface area contributed by atoms with Gasteiger partial charge in [0.25, 0.3) is 0 Å². The van der Waals surface area contributed by atoms with Gasteiger partial charge in [0.15, 0.2) is 0 Å². The average Bonchev–Trinajstić information content (AvgIpc) is 1.85. The molecule has 0 heterocycles. The van der Waals surface area contributed by atoms with Gasteiger partial charge >= 0.3 is 5.97 Å². The van der Waals surface area contributed by atoms with Crippen LogP contribution < -0.4 is 5.11 Å². The summed E-state index contributed by atoms with van der Waals surface area (Å²) in [5.41, 5.74) is 0.727. The van der Waals surface area contributed by atoms with Gasteiger partial charge in [0, 0.05) is 0 Å².